The summed E-state index contributed by atoms with van der Waals surface area (Å²) < 4.78 is 5.33. The minimum Gasteiger partial charge on any atom is -0.496 e. The molecule has 0 amide bonds. The number of aryl methyl sites for hydroxylation is 1. The number of rotatable bonds is 8. The van der Waals surface area contributed by atoms with Crippen molar-refractivity contribution in [3.05, 3.63) is 29.3 Å². The lowest BCUT2D eigenvalue weighted by atomic mass is 10.1. The number of hydrogen-bond acceptors (Lipinski definition) is 4. The van der Waals surface area contributed by atoms with Gasteiger partial charge in [-0.2, -0.15) is 0 Å². The highest BCUT2D eigenvalue weighted by Crippen LogP contribution is 2.21. The maximum Gasteiger partial charge on any atom is 0.122 e. The molecule has 3 N–H and O–H groups in total. The van der Waals surface area contributed by atoms with Crippen molar-refractivity contribution >= 4 is 0 Å². The monoisotopic (exact) mass is 266 g/mol. The Kier molecular flexibility index (Phi) is 6.84. The molecule has 19 heavy (non-hydrogen) atoms. The van der Waals surface area contributed by atoms with Gasteiger partial charge < -0.3 is 15.6 Å². The molecule has 1 aromatic rings. The maximum atomic E-state index is 9.74. The number of hydrogen-bond donors (Lipinski definition) is 2. The zero-order valence-electron chi connectivity index (χ0n) is 12.2. The molecule has 0 saturated carbocycles. The summed E-state index contributed by atoms with van der Waals surface area (Å²) >= 11 is 0. The van der Waals surface area contributed by atoms with Crippen LogP contribution >= 0.6 is 0 Å². The maximum absolute atomic E-state index is 9.74. The Morgan fingerprint density at radius 1 is 1.42 bits per heavy atom. The van der Waals surface area contributed by atoms with Gasteiger partial charge in [0.25, 0.3) is 0 Å². The Balaban J connectivity index is 2.61. The predicted molar refractivity (Wildman–Crippen MR) is 78.4 cm³/mol. The fourth-order valence-electron chi connectivity index (χ4n) is 2.23. The van der Waals surface area contributed by atoms with Gasteiger partial charge in [-0.25, -0.2) is 0 Å². The number of nitrogens with zero attached hydrogens (tertiary/aromatic N) is 1. The molecule has 0 spiro atoms. The predicted octanol–water partition coefficient (Wildman–Crippen LogP) is 1.40. The number of aliphatic hydroxyl groups is 1. The van der Waals surface area contributed by atoms with Crippen molar-refractivity contribution in [3.8, 4) is 5.75 Å². The average Bonchev–Trinajstić information content (AvgIpc) is 2.38. The van der Waals surface area contributed by atoms with E-state index < -0.39 is 0 Å². The minimum absolute atomic E-state index is 0.348. The molecule has 0 aliphatic rings. The van der Waals surface area contributed by atoms with E-state index in [0.717, 1.165) is 18.7 Å². The number of likely N-dealkylation sites (N-methyl/N-ethyl adjacent to an activating group) is 1. The SMILES string of the molecule is CCc1cc(CN(C)CC(O)CCN)ccc1OC. The second-order valence-electron chi connectivity index (χ2n) is 4.93. The minimum atomic E-state index is -0.348. The third-order valence-corrected chi connectivity index (χ3v) is 3.20. The number of aliphatic hydroxyl groups excluding tert-OH is 1. The highest BCUT2D eigenvalue weighted by atomic mass is 16.5. The largest absolute Gasteiger partial charge is 0.496 e. The summed E-state index contributed by atoms with van der Waals surface area (Å²) in [5.41, 5.74) is 7.89. The van der Waals surface area contributed by atoms with Crippen LogP contribution in [-0.2, 0) is 13.0 Å². The summed E-state index contributed by atoms with van der Waals surface area (Å²) in [5, 5.41) is 9.74. The van der Waals surface area contributed by atoms with E-state index in [1.165, 1.54) is 11.1 Å². The van der Waals surface area contributed by atoms with Crippen molar-refractivity contribution in [2.45, 2.75) is 32.4 Å². The summed E-state index contributed by atoms with van der Waals surface area (Å²) in [5.74, 6) is 0.942. The fourth-order valence-corrected chi connectivity index (χ4v) is 2.23. The van der Waals surface area contributed by atoms with Gasteiger partial charge in [-0.1, -0.05) is 19.1 Å². The second-order valence-corrected chi connectivity index (χ2v) is 4.93. The quantitative estimate of drug-likeness (QED) is 0.747. The van der Waals surface area contributed by atoms with Gasteiger partial charge in [-0.15, -0.1) is 0 Å². The Hall–Kier alpha value is -1.10. The third-order valence-electron chi connectivity index (χ3n) is 3.20. The summed E-state index contributed by atoms with van der Waals surface area (Å²) in [4.78, 5) is 2.11. The molecule has 4 heteroatoms. The van der Waals surface area contributed by atoms with E-state index in [-0.39, 0.29) is 6.10 Å². The number of methoxy groups -OCH3 is 1. The first-order valence-electron chi connectivity index (χ1n) is 6.83. The first-order chi connectivity index (χ1) is 9.10. The van der Waals surface area contributed by atoms with Crippen molar-refractivity contribution < 1.29 is 9.84 Å². The summed E-state index contributed by atoms with van der Waals surface area (Å²) in [6.07, 6.45) is 1.25. The van der Waals surface area contributed by atoms with Crippen LogP contribution in [0.2, 0.25) is 0 Å². The lowest BCUT2D eigenvalue weighted by Crippen LogP contribution is -2.30. The molecule has 4 nitrogen and oxygen atoms in total. The smallest absolute Gasteiger partial charge is 0.122 e. The Labute approximate surface area is 116 Å². The van der Waals surface area contributed by atoms with Crippen LogP contribution in [0.5, 0.6) is 5.75 Å². The van der Waals surface area contributed by atoms with E-state index in [1.807, 2.05) is 13.1 Å². The van der Waals surface area contributed by atoms with E-state index >= 15 is 0 Å². The van der Waals surface area contributed by atoms with Crippen LogP contribution in [0.15, 0.2) is 18.2 Å². The molecule has 1 rings (SSSR count). The standard InChI is InChI=1S/C15H26N2O2/c1-4-13-9-12(5-6-15(13)19-3)10-17(2)11-14(18)7-8-16/h5-6,9,14,18H,4,7-8,10-11,16H2,1-3H3. The van der Waals surface area contributed by atoms with Crippen LogP contribution in [0.3, 0.4) is 0 Å². The molecule has 1 aromatic carbocycles. The van der Waals surface area contributed by atoms with Crippen LogP contribution < -0.4 is 10.5 Å². The number of benzene rings is 1. The second kappa shape index (κ2) is 8.15. The number of nitrogens with two attached hydrogens (primary N) is 1. The summed E-state index contributed by atoms with van der Waals surface area (Å²) in [7, 11) is 3.71. The van der Waals surface area contributed by atoms with Gasteiger partial charge in [0, 0.05) is 13.1 Å². The van der Waals surface area contributed by atoms with E-state index in [9.17, 15) is 5.11 Å². The molecule has 0 heterocycles. The third kappa shape index (κ3) is 5.19. The van der Waals surface area contributed by atoms with E-state index in [2.05, 4.69) is 24.0 Å². The molecule has 0 fully saturated rings. The van der Waals surface area contributed by atoms with Gasteiger partial charge >= 0.3 is 0 Å². The first-order valence-corrected chi connectivity index (χ1v) is 6.83. The fraction of sp³-hybridized carbons (Fsp3) is 0.600. The van der Waals surface area contributed by atoms with Crippen molar-refractivity contribution in [1.82, 2.24) is 4.90 Å². The number of ether oxygens (including phenoxy) is 1. The normalized spacial score (nSPS) is 12.7. The molecule has 0 bridgehead atoms. The van der Waals surface area contributed by atoms with E-state index in [0.29, 0.717) is 19.5 Å². The first kappa shape index (κ1) is 16.0. The topological polar surface area (TPSA) is 58.7 Å². The highest BCUT2D eigenvalue weighted by Gasteiger charge is 2.09. The highest BCUT2D eigenvalue weighted by molar-refractivity contribution is 5.37. The van der Waals surface area contributed by atoms with Crippen LogP contribution in [0.25, 0.3) is 0 Å². The van der Waals surface area contributed by atoms with E-state index in [1.54, 1.807) is 7.11 Å². The zero-order chi connectivity index (χ0) is 14.3. The lowest BCUT2D eigenvalue weighted by molar-refractivity contribution is 0.117. The molecular formula is C15H26N2O2. The molecule has 1 unspecified atom stereocenters. The summed E-state index contributed by atoms with van der Waals surface area (Å²) in [6.45, 7) is 4.11. The van der Waals surface area contributed by atoms with Crippen LogP contribution in [0.4, 0.5) is 0 Å². The molecule has 108 valence electrons. The van der Waals surface area contributed by atoms with Gasteiger partial charge in [-0.05, 0) is 43.6 Å². The van der Waals surface area contributed by atoms with Gasteiger partial charge in [-0.3, -0.25) is 4.90 Å². The molecule has 0 saturated heterocycles. The Bertz CT molecular complexity index is 382. The van der Waals surface area contributed by atoms with Gasteiger partial charge in [0.1, 0.15) is 5.75 Å². The molecular weight excluding hydrogens is 240 g/mol. The van der Waals surface area contributed by atoms with Crippen molar-refractivity contribution in [2.75, 3.05) is 27.2 Å². The van der Waals surface area contributed by atoms with Gasteiger partial charge in [0.15, 0.2) is 0 Å². The molecule has 0 radical (unpaired) electrons. The molecule has 1 atom stereocenters. The van der Waals surface area contributed by atoms with Crippen LogP contribution in [-0.4, -0.2) is 43.4 Å². The van der Waals surface area contributed by atoms with Crippen LogP contribution in [0, 0.1) is 0 Å². The zero-order valence-corrected chi connectivity index (χ0v) is 12.2. The Morgan fingerprint density at radius 2 is 2.16 bits per heavy atom. The molecule has 0 aliphatic carbocycles. The van der Waals surface area contributed by atoms with Crippen molar-refractivity contribution in [1.29, 1.82) is 0 Å². The molecule has 0 aromatic heterocycles. The van der Waals surface area contributed by atoms with Crippen LogP contribution in [0.1, 0.15) is 24.5 Å². The van der Waals surface area contributed by atoms with Gasteiger partial charge in [0.05, 0.1) is 13.2 Å². The van der Waals surface area contributed by atoms with E-state index in [4.69, 9.17) is 10.5 Å². The Morgan fingerprint density at radius 3 is 2.74 bits per heavy atom. The lowest BCUT2D eigenvalue weighted by Gasteiger charge is -2.21. The van der Waals surface area contributed by atoms with Crippen molar-refractivity contribution in [2.24, 2.45) is 5.73 Å². The summed E-state index contributed by atoms with van der Waals surface area (Å²) in [6, 6.07) is 6.26. The van der Waals surface area contributed by atoms with Crippen molar-refractivity contribution in [3.63, 3.8) is 0 Å². The molecule has 0 aliphatic heterocycles. The average molecular weight is 266 g/mol. The van der Waals surface area contributed by atoms with Gasteiger partial charge in [0.2, 0.25) is 0 Å².